The second-order valence-corrected chi connectivity index (χ2v) is 5.90. The van der Waals surface area contributed by atoms with Crippen molar-refractivity contribution in [1.82, 2.24) is 0 Å². The van der Waals surface area contributed by atoms with Crippen LogP contribution < -0.4 is 10.6 Å². The number of anilines is 2. The number of para-hydroxylation sites is 1. The summed E-state index contributed by atoms with van der Waals surface area (Å²) in [6, 6.07) is 11.2. The van der Waals surface area contributed by atoms with Gasteiger partial charge < -0.3 is 10.6 Å². The first-order valence-corrected chi connectivity index (χ1v) is 8.30. The molecule has 0 aromatic heterocycles. The Hall–Kier alpha value is -2.47. The van der Waals surface area contributed by atoms with Gasteiger partial charge in [-0.1, -0.05) is 38.1 Å². The molecule has 0 aliphatic rings. The van der Waals surface area contributed by atoms with E-state index in [1.165, 1.54) is 17.2 Å². The topological polar surface area (TPSA) is 67.2 Å². The van der Waals surface area contributed by atoms with Gasteiger partial charge in [0.05, 0.1) is 4.92 Å². The molecule has 0 fully saturated rings. The number of hydrogen-bond acceptors (Lipinski definition) is 3. The van der Waals surface area contributed by atoms with Crippen molar-refractivity contribution in [3.63, 3.8) is 0 Å². The molecule has 2 rings (SSSR count). The van der Waals surface area contributed by atoms with Crippen LogP contribution in [0.2, 0.25) is 0 Å². The molecule has 2 aromatic rings. The molecule has 0 radical (unpaired) electrons. The summed E-state index contributed by atoms with van der Waals surface area (Å²) in [4.78, 5) is 10.7. The van der Waals surface area contributed by atoms with Crippen molar-refractivity contribution in [2.24, 2.45) is 0 Å². The SMILES string of the molecule is CCc1cccc(CC)c1NC(=S)Nc1ccc(C)c([N+](=O)[O-])c1. The summed E-state index contributed by atoms with van der Waals surface area (Å²) in [7, 11) is 0. The molecule has 0 unspecified atom stereocenters. The molecule has 0 amide bonds. The lowest BCUT2D eigenvalue weighted by Crippen LogP contribution is -2.21. The summed E-state index contributed by atoms with van der Waals surface area (Å²) in [5.74, 6) is 0. The Kier molecular flexibility index (Phi) is 5.87. The van der Waals surface area contributed by atoms with Gasteiger partial charge in [-0.05, 0) is 49.2 Å². The Morgan fingerprint density at radius 2 is 1.75 bits per heavy atom. The Bertz CT molecular complexity index is 753. The van der Waals surface area contributed by atoms with Crippen LogP contribution in [0.4, 0.5) is 17.1 Å². The maximum atomic E-state index is 11.0. The van der Waals surface area contributed by atoms with E-state index in [0.717, 1.165) is 18.5 Å². The highest BCUT2D eigenvalue weighted by molar-refractivity contribution is 7.80. The lowest BCUT2D eigenvalue weighted by Gasteiger charge is -2.17. The van der Waals surface area contributed by atoms with Crippen molar-refractivity contribution in [3.8, 4) is 0 Å². The molecule has 126 valence electrons. The highest BCUT2D eigenvalue weighted by Crippen LogP contribution is 2.25. The number of hydrogen-bond donors (Lipinski definition) is 2. The molecule has 0 saturated carbocycles. The van der Waals surface area contributed by atoms with E-state index < -0.39 is 4.92 Å². The Labute approximate surface area is 147 Å². The summed E-state index contributed by atoms with van der Waals surface area (Å²) < 4.78 is 0. The number of nitro groups is 1. The van der Waals surface area contributed by atoms with Gasteiger partial charge in [0.25, 0.3) is 5.69 Å². The highest BCUT2D eigenvalue weighted by atomic mass is 32.1. The number of aryl methyl sites for hydroxylation is 3. The van der Waals surface area contributed by atoms with Gasteiger partial charge in [0.2, 0.25) is 0 Å². The smallest absolute Gasteiger partial charge is 0.274 e. The van der Waals surface area contributed by atoms with Gasteiger partial charge >= 0.3 is 0 Å². The predicted octanol–water partition coefficient (Wildman–Crippen LogP) is 4.84. The molecule has 24 heavy (non-hydrogen) atoms. The Morgan fingerprint density at radius 1 is 1.12 bits per heavy atom. The summed E-state index contributed by atoms with van der Waals surface area (Å²) in [5.41, 5.74) is 4.68. The van der Waals surface area contributed by atoms with E-state index in [1.54, 1.807) is 19.1 Å². The molecule has 2 N–H and O–H groups in total. The molecule has 0 atom stereocenters. The highest BCUT2D eigenvalue weighted by Gasteiger charge is 2.12. The van der Waals surface area contributed by atoms with E-state index >= 15 is 0 Å². The number of rotatable bonds is 5. The molecule has 0 aliphatic heterocycles. The maximum absolute atomic E-state index is 11.0. The van der Waals surface area contributed by atoms with Crippen LogP contribution in [-0.2, 0) is 12.8 Å². The number of thiocarbonyl (C=S) groups is 1. The largest absolute Gasteiger partial charge is 0.332 e. The lowest BCUT2D eigenvalue weighted by atomic mass is 10.0. The van der Waals surface area contributed by atoms with Crippen LogP contribution in [0.3, 0.4) is 0 Å². The van der Waals surface area contributed by atoms with Gasteiger partial charge in [-0.2, -0.15) is 0 Å². The molecule has 6 heteroatoms. The average molecular weight is 343 g/mol. The van der Waals surface area contributed by atoms with Gasteiger partial charge in [0.15, 0.2) is 5.11 Å². The van der Waals surface area contributed by atoms with Crippen molar-refractivity contribution in [2.75, 3.05) is 10.6 Å². The van der Waals surface area contributed by atoms with Crippen molar-refractivity contribution in [3.05, 3.63) is 63.2 Å². The van der Waals surface area contributed by atoms with E-state index in [-0.39, 0.29) is 5.69 Å². The molecule has 0 bridgehead atoms. The van der Waals surface area contributed by atoms with Crippen LogP contribution in [0.15, 0.2) is 36.4 Å². The van der Waals surface area contributed by atoms with E-state index in [9.17, 15) is 10.1 Å². The summed E-state index contributed by atoms with van der Waals surface area (Å²) in [6.07, 6.45) is 1.80. The second-order valence-electron chi connectivity index (χ2n) is 5.50. The van der Waals surface area contributed by atoms with Crippen molar-refractivity contribution in [1.29, 1.82) is 0 Å². The fourth-order valence-electron chi connectivity index (χ4n) is 2.56. The second kappa shape index (κ2) is 7.88. The first kappa shape index (κ1) is 17.9. The fourth-order valence-corrected chi connectivity index (χ4v) is 2.78. The zero-order chi connectivity index (χ0) is 17.7. The number of benzene rings is 2. The van der Waals surface area contributed by atoms with Gasteiger partial charge in [-0.3, -0.25) is 10.1 Å². The van der Waals surface area contributed by atoms with Crippen LogP contribution >= 0.6 is 12.2 Å². The first-order valence-electron chi connectivity index (χ1n) is 7.90. The van der Waals surface area contributed by atoms with Gasteiger partial charge in [-0.15, -0.1) is 0 Å². The average Bonchev–Trinajstić information content (AvgIpc) is 2.56. The normalized spacial score (nSPS) is 10.3. The minimum Gasteiger partial charge on any atom is -0.332 e. The number of nitrogens with one attached hydrogen (secondary N) is 2. The van der Waals surface area contributed by atoms with Gasteiger partial charge in [0.1, 0.15) is 0 Å². The van der Waals surface area contributed by atoms with Crippen molar-refractivity contribution >= 4 is 34.4 Å². The van der Waals surface area contributed by atoms with E-state index in [2.05, 4.69) is 36.6 Å². The van der Waals surface area contributed by atoms with E-state index in [1.807, 2.05) is 6.07 Å². The first-order chi connectivity index (χ1) is 11.5. The van der Waals surface area contributed by atoms with Crippen molar-refractivity contribution < 1.29 is 4.92 Å². The third kappa shape index (κ3) is 4.08. The molecular weight excluding hydrogens is 322 g/mol. The Morgan fingerprint density at radius 3 is 2.29 bits per heavy atom. The van der Waals surface area contributed by atoms with Crippen LogP contribution in [-0.4, -0.2) is 10.0 Å². The minimum atomic E-state index is -0.390. The fraction of sp³-hybridized carbons (Fsp3) is 0.278. The van der Waals surface area contributed by atoms with Crippen LogP contribution in [0.5, 0.6) is 0 Å². The monoisotopic (exact) mass is 343 g/mol. The minimum absolute atomic E-state index is 0.0750. The third-order valence-corrected chi connectivity index (χ3v) is 4.11. The lowest BCUT2D eigenvalue weighted by molar-refractivity contribution is -0.385. The summed E-state index contributed by atoms with van der Waals surface area (Å²) >= 11 is 5.38. The molecule has 0 aliphatic carbocycles. The molecule has 0 spiro atoms. The van der Waals surface area contributed by atoms with E-state index in [0.29, 0.717) is 16.4 Å². The Balaban J connectivity index is 2.20. The van der Waals surface area contributed by atoms with E-state index in [4.69, 9.17) is 12.2 Å². The molecule has 2 aromatic carbocycles. The zero-order valence-electron chi connectivity index (χ0n) is 14.1. The molecular formula is C18H21N3O2S. The summed E-state index contributed by atoms with van der Waals surface area (Å²) in [5, 5.41) is 17.7. The van der Waals surface area contributed by atoms with Gasteiger partial charge in [-0.25, -0.2) is 0 Å². The zero-order valence-corrected chi connectivity index (χ0v) is 14.9. The number of nitro benzene ring substituents is 1. The van der Waals surface area contributed by atoms with Crippen LogP contribution in [0.1, 0.15) is 30.5 Å². The van der Waals surface area contributed by atoms with Crippen LogP contribution in [0, 0.1) is 17.0 Å². The quantitative estimate of drug-likeness (QED) is 0.462. The summed E-state index contributed by atoms with van der Waals surface area (Å²) in [6.45, 7) is 5.91. The van der Waals surface area contributed by atoms with Crippen molar-refractivity contribution in [2.45, 2.75) is 33.6 Å². The van der Waals surface area contributed by atoms with Gasteiger partial charge in [0, 0.05) is 23.0 Å². The molecule has 0 saturated heterocycles. The number of nitrogens with zero attached hydrogens (tertiary/aromatic N) is 1. The van der Waals surface area contributed by atoms with Crippen LogP contribution in [0.25, 0.3) is 0 Å². The maximum Gasteiger partial charge on any atom is 0.274 e. The molecule has 0 heterocycles. The predicted molar refractivity (Wildman–Crippen MR) is 103 cm³/mol. The molecule has 5 nitrogen and oxygen atoms in total. The third-order valence-electron chi connectivity index (χ3n) is 3.90. The standard InChI is InChI=1S/C18H21N3O2S/c1-4-13-7-6-8-14(5-2)17(13)20-18(24)19-15-10-9-12(3)16(11-15)21(22)23/h6-11H,4-5H2,1-3H3,(H2,19,20,24).